The number of sulfonamides is 1. The van der Waals surface area contributed by atoms with Gasteiger partial charge in [-0.1, -0.05) is 6.07 Å². The van der Waals surface area contributed by atoms with Gasteiger partial charge >= 0.3 is 6.03 Å². The van der Waals surface area contributed by atoms with Crippen LogP contribution in [0.15, 0.2) is 23.1 Å². The number of benzene rings is 1. The number of halogens is 2. The Morgan fingerprint density at radius 1 is 1.00 bits per heavy atom. The highest BCUT2D eigenvalue weighted by Crippen LogP contribution is 2.23. The van der Waals surface area contributed by atoms with E-state index in [1.807, 2.05) is 4.90 Å². The molecule has 1 N–H and O–H groups in total. The van der Waals surface area contributed by atoms with E-state index in [9.17, 15) is 26.8 Å². The molecule has 0 aliphatic carbocycles. The zero-order chi connectivity index (χ0) is 19.6. The average molecular weight is 402 g/mol. The highest BCUT2D eigenvalue weighted by molar-refractivity contribution is 7.89. The summed E-state index contributed by atoms with van der Waals surface area (Å²) in [7, 11) is -4.24. The molecule has 0 atom stereocenters. The number of hydrogen-bond acceptors (Lipinski definition) is 5. The van der Waals surface area contributed by atoms with Crippen LogP contribution in [0.25, 0.3) is 0 Å². The van der Waals surface area contributed by atoms with Gasteiger partial charge in [0.25, 0.3) is 0 Å². The van der Waals surface area contributed by atoms with Crippen LogP contribution in [-0.4, -0.2) is 80.3 Å². The summed E-state index contributed by atoms with van der Waals surface area (Å²) >= 11 is 0. The van der Waals surface area contributed by atoms with E-state index in [0.717, 1.165) is 27.4 Å². The highest BCUT2D eigenvalue weighted by Gasteiger charge is 2.33. The molecule has 0 radical (unpaired) electrons. The van der Waals surface area contributed by atoms with Crippen molar-refractivity contribution < 1.29 is 26.8 Å². The van der Waals surface area contributed by atoms with Gasteiger partial charge in [0, 0.05) is 32.7 Å². The molecule has 148 valence electrons. The number of piperazine rings is 1. The van der Waals surface area contributed by atoms with Gasteiger partial charge in [0.15, 0.2) is 4.90 Å². The van der Waals surface area contributed by atoms with Gasteiger partial charge in [-0.2, -0.15) is 4.31 Å². The molecule has 2 aliphatic rings. The molecule has 27 heavy (non-hydrogen) atoms. The fourth-order valence-electron chi connectivity index (χ4n) is 3.19. The minimum absolute atomic E-state index is 0.0158. The van der Waals surface area contributed by atoms with Crippen LogP contribution < -0.4 is 5.32 Å². The van der Waals surface area contributed by atoms with E-state index >= 15 is 0 Å². The standard InChI is InChI=1S/C16H20F2N4O4S/c17-12-3-1-4-13(18)15(12)27(25,26)21-9-7-20(8-10-21)5-2-6-22-14(23)11-19-16(22)24/h1,3-4H,2,5-11H2,(H,19,24). The zero-order valence-corrected chi connectivity index (χ0v) is 15.3. The van der Waals surface area contributed by atoms with Crippen molar-refractivity contribution in [3.63, 3.8) is 0 Å². The average Bonchev–Trinajstić information content (AvgIpc) is 2.94. The lowest BCUT2D eigenvalue weighted by atomic mass is 10.3. The number of nitrogens with one attached hydrogen (secondary N) is 1. The lowest BCUT2D eigenvalue weighted by molar-refractivity contribution is -0.125. The number of carbonyl (C=O) groups excluding carboxylic acids is 2. The molecule has 0 unspecified atom stereocenters. The predicted octanol–water partition coefficient (Wildman–Crippen LogP) is 0.213. The summed E-state index contributed by atoms with van der Waals surface area (Å²) in [5, 5.41) is 2.44. The number of urea groups is 1. The molecule has 1 aromatic carbocycles. The van der Waals surface area contributed by atoms with E-state index in [1.54, 1.807) is 0 Å². The second kappa shape index (κ2) is 7.87. The topological polar surface area (TPSA) is 90.0 Å². The molecular formula is C16H20F2N4O4S. The van der Waals surface area contributed by atoms with Crippen molar-refractivity contribution >= 4 is 22.0 Å². The molecule has 11 heteroatoms. The van der Waals surface area contributed by atoms with E-state index in [2.05, 4.69) is 5.32 Å². The van der Waals surface area contributed by atoms with Crippen LogP contribution in [-0.2, 0) is 14.8 Å². The summed E-state index contributed by atoms with van der Waals surface area (Å²) in [6, 6.07) is 2.56. The second-order valence-electron chi connectivity index (χ2n) is 6.35. The summed E-state index contributed by atoms with van der Waals surface area (Å²) in [5.74, 6) is -2.47. The molecule has 2 aliphatic heterocycles. The molecule has 3 rings (SSSR count). The van der Waals surface area contributed by atoms with Crippen molar-refractivity contribution in [1.29, 1.82) is 0 Å². The SMILES string of the molecule is O=C1CNC(=O)N1CCCN1CCN(S(=O)(=O)c2c(F)cccc2F)CC1. The summed E-state index contributed by atoms with van der Waals surface area (Å²) < 4.78 is 53.8. The Bertz CT molecular complexity index is 805. The molecule has 0 saturated carbocycles. The fraction of sp³-hybridized carbons (Fsp3) is 0.500. The first kappa shape index (κ1) is 19.6. The smallest absolute Gasteiger partial charge is 0.324 e. The normalized spacial score (nSPS) is 19.6. The minimum atomic E-state index is -4.24. The van der Waals surface area contributed by atoms with Crippen LogP contribution in [0.2, 0.25) is 0 Å². The largest absolute Gasteiger partial charge is 0.329 e. The first-order valence-corrected chi connectivity index (χ1v) is 9.99. The van der Waals surface area contributed by atoms with Crippen LogP contribution in [0.1, 0.15) is 6.42 Å². The van der Waals surface area contributed by atoms with Gasteiger partial charge in [-0.05, 0) is 25.1 Å². The first-order valence-electron chi connectivity index (χ1n) is 8.55. The minimum Gasteiger partial charge on any atom is -0.329 e. The molecule has 2 fully saturated rings. The molecule has 0 bridgehead atoms. The van der Waals surface area contributed by atoms with Crippen LogP contribution in [0.3, 0.4) is 0 Å². The van der Waals surface area contributed by atoms with E-state index in [4.69, 9.17) is 0 Å². The van der Waals surface area contributed by atoms with Crippen molar-refractivity contribution in [2.45, 2.75) is 11.3 Å². The second-order valence-corrected chi connectivity index (χ2v) is 8.23. The molecule has 0 spiro atoms. The van der Waals surface area contributed by atoms with Gasteiger partial charge in [0.2, 0.25) is 15.9 Å². The van der Waals surface area contributed by atoms with E-state index in [1.165, 1.54) is 0 Å². The Hall–Kier alpha value is -2.11. The Kier molecular flexibility index (Phi) is 5.72. The van der Waals surface area contributed by atoms with Crippen molar-refractivity contribution in [3.8, 4) is 0 Å². The third kappa shape index (κ3) is 4.09. The maximum absolute atomic E-state index is 13.8. The van der Waals surface area contributed by atoms with Gasteiger partial charge in [-0.25, -0.2) is 22.0 Å². The van der Waals surface area contributed by atoms with Crippen molar-refractivity contribution in [3.05, 3.63) is 29.8 Å². The lowest BCUT2D eigenvalue weighted by Crippen LogP contribution is -2.49. The first-order chi connectivity index (χ1) is 12.8. The maximum Gasteiger partial charge on any atom is 0.324 e. The Balaban J connectivity index is 1.53. The number of amides is 3. The van der Waals surface area contributed by atoms with Crippen molar-refractivity contribution in [1.82, 2.24) is 19.4 Å². The summed E-state index contributed by atoms with van der Waals surface area (Å²) in [5.41, 5.74) is 0. The molecule has 2 saturated heterocycles. The molecule has 2 heterocycles. The summed E-state index contributed by atoms with van der Waals surface area (Å²) in [4.78, 5) is 25.2. The van der Waals surface area contributed by atoms with Gasteiger partial charge < -0.3 is 10.2 Å². The Morgan fingerprint density at radius 2 is 1.63 bits per heavy atom. The number of hydrogen-bond donors (Lipinski definition) is 1. The number of rotatable bonds is 6. The number of carbonyl (C=O) groups is 2. The van der Waals surface area contributed by atoms with Crippen molar-refractivity contribution in [2.24, 2.45) is 0 Å². The number of nitrogens with zero attached hydrogens (tertiary/aromatic N) is 3. The quantitative estimate of drug-likeness (QED) is 0.688. The van der Waals surface area contributed by atoms with Gasteiger partial charge in [0.1, 0.15) is 11.6 Å². The van der Waals surface area contributed by atoms with Gasteiger partial charge in [0.05, 0.1) is 6.54 Å². The fourth-order valence-corrected chi connectivity index (χ4v) is 4.72. The lowest BCUT2D eigenvalue weighted by Gasteiger charge is -2.34. The van der Waals surface area contributed by atoms with Crippen LogP contribution in [0, 0.1) is 11.6 Å². The van der Waals surface area contributed by atoms with Crippen LogP contribution in [0.5, 0.6) is 0 Å². The Labute approximate surface area is 155 Å². The van der Waals surface area contributed by atoms with E-state index < -0.39 is 32.6 Å². The van der Waals surface area contributed by atoms with E-state index in [-0.39, 0.29) is 25.5 Å². The predicted molar refractivity (Wildman–Crippen MR) is 91.3 cm³/mol. The monoisotopic (exact) mass is 402 g/mol. The molecule has 3 amide bonds. The number of imide groups is 1. The van der Waals surface area contributed by atoms with Gasteiger partial charge in [-0.3, -0.25) is 9.69 Å². The summed E-state index contributed by atoms with van der Waals surface area (Å²) in [6.45, 7) is 1.91. The third-order valence-corrected chi connectivity index (χ3v) is 6.59. The molecule has 8 nitrogen and oxygen atoms in total. The molecule has 1 aromatic rings. The third-order valence-electron chi connectivity index (χ3n) is 4.64. The highest BCUT2D eigenvalue weighted by atomic mass is 32.2. The van der Waals surface area contributed by atoms with Gasteiger partial charge in [-0.15, -0.1) is 0 Å². The van der Waals surface area contributed by atoms with Crippen LogP contribution >= 0.6 is 0 Å². The zero-order valence-electron chi connectivity index (χ0n) is 14.5. The maximum atomic E-state index is 13.8. The Morgan fingerprint density at radius 3 is 2.19 bits per heavy atom. The van der Waals surface area contributed by atoms with E-state index in [0.29, 0.717) is 32.6 Å². The van der Waals surface area contributed by atoms with Crippen LogP contribution in [0.4, 0.5) is 13.6 Å². The van der Waals surface area contributed by atoms with Crippen molar-refractivity contribution in [2.75, 3.05) is 45.8 Å². The molecule has 0 aromatic heterocycles. The molecular weight excluding hydrogens is 382 g/mol. The summed E-state index contributed by atoms with van der Waals surface area (Å²) in [6.07, 6.45) is 0.563.